The molecule has 0 aliphatic rings. The number of halogens is 2. The molecule has 0 spiro atoms. The maximum atomic E-state index is 5.52. The van der Waals surface area contributed by atoms with E-state index in [0.717, 1.165) is 6.42 Å². The lowest BCUT2D eigenvalue weighted by Gasteiger charge is -1.98. The van der Waals surface area contributed by atoms with Crippen LogP contribution >= 0.6 is 47.6 Å². The Hall–Kier alpha value is 0.800. The summed E-state index contributed by atoms with van der Waals surface area (Å²) in [7, 11) is 0. The van der Waals surface area contributed by atoms with Gasteiger partial charge in [-0.05, 0) is 30.9 Å². The number of hydrogen-bond donors (Lipinski definition) is 0. The predicted octanol–water partition coefficient (Wildman–Crippen LogP) is 4.78. The highest BCUT2D eigenvalue weighted by atomic mass is 35.5. The lowest BCUT2D eigenvalue weighted by Crippen LogP contribution is -1.85. The van der Waals surface area contributed by atoms with Gasteiger partial charge in [-0.2, -0.15) is 0 Å². The van der Waals surface area contributed by atoms with Gasteiger partial charge in [0.1, 0.15) is 4.84 Å². The van der Waals surface area contributed by atoms with Crippen LogP contribution in [0, 0.1) is 0 Å². The molecule has 72 valence electrons. The number of hydrogen-bond acceptors (Lipinski definition) is 2. The normalized spacial score (nSPS) is 8.67. The fraction of sp³-hybridized carbons (Fsp3) is 0.875. The fourth-order valence-electron chi connectivity index (χ4n) is 0.725. The van der Waals surface area contributed by atoms with E-state index in [1.54, 1.807) is 0 Å². The lowest BCUT2D eigenvalue weighted by atomic mass is 10.2. The zero-order chi connectivity index (χ0) is 9.82. The summed E-state index contributed by atoms with van der Waals surface area (Å²) < 4.78 is 1.92. The standard InChI is InChI=1S/C7H14Cl2.CS2/c1-2-3-4-5-6-7(8)9;2-1-3/h7H,2-6H2,1H3;. The van der Waals surface area contributed by atoms with Crippen molar-refractivity contribution in [1.29, 1.82) is 0 Å². The largest absolute Gasteiger partial charge is 0.107 e. The van der Waals surface area contributed by atoms with Crippen LogP contribution in [0.2, 0.25) is 0 Å². The summed E-state index contributed by atoms with van der Waals surface area (Å²) in [6, 6.07) is 0. The van der Waals surface area contributed by atoms with Gasteiger partial charge in [0, 0.05) is 4.31 Å². The first-order valence-electron chi connectivity index (χ1n) is 3.96. The minimum absolute atomic E-state index is 0.151. The van der Waals surface area contributed by atoms with Crippen LogP contribution < -0.4 is 0 Å². The van der Waals surface area contributed by atoms with E-state index < -0.39 is 0 Å². The van der Waals surface area contributed by atoms with Crippen LogP contribution in [0.3, 0.4) is 0 Å². The lowest BCUT2D eigenvalue weighted by molar-refractivity contribution is 0.650. The first-order valence-corrected chi connectivity index (χ1v) is 5.65. The fourth-order valence-corrected chi connectivity index (χ4v) is 1.03. The predicted molar refractivity (Wildman–Crippen MR) is 64.4 cm³/mol. The van der Waals surface area contributed by atoms with Crippen molar-refractivity contribution >= 4 is 52.0 Å². The van der Waals surface area contributed by atoms with E-state index in [0.29, 0.717) is 0 Å². The summed E-state index contributed by atoms with van der Waals surface area (Å²) >= 11 is 19.0. The molecule has 0 aromatic heterocycles. The quantitative estimate of drug-likeness (QED) is 0.388. The third kappa shape index (κ3) is 22.4. The second-order valence-corrected chi connectivity index (χ2v) is 4.27. The third-order valence-corrected chi connectivity index (χ3v) is 1.71. The van der Waals surface area contributed by atoms with Crippen molar-refractivity contribution in [3.05, 3.63) is 0 Å². The highest BCUT2D eigenvalue weighted by molar-refractivity contribution is 7.93. The SMILES string of the molecule is CCCCCCC(Cl)Cl.S=C=S. The maximum absolute atomic E-state index is 5.52. The van der Waals surface area contributed by atoms with Crippen molar-refractivity contribution in [3.63, 3.8) is 0 Å². The second-order valence-electron chi connectivity index (χ2n) is 2.32. The molecule has 0 nitrogen and oxygen atoms in total. The van der Waals surface area contributed by atoms with E-state index >= 15 is 0 Å². The molecule has 0 unspecified atom stereocenters. The minimum Gasteiger partial charge on any atom is -0.105 e. The topological polar surface area (TPSA) is 0 Å². The van der Waals surface area contributed by atoms with Crippen molar-refractivity contribution in [3.8, 4) is 0 Å². The molecule has 0 amide bonds. The molecule has 0 aliphatic heterocycles. The van der Waals surface area contributed by atoms with E-state index in [1.165, 1.54) is 25.7 Å². The van der Waals surface area contributed by atoms with Gasteiger partial charge in [0.15, 0.2) is 0 Å². The summed E-state index contributed by atoms with van der Waals surface area (Å²) in [6.07, 6.45) is 5.97. The summed E-state index contributed by atoms with van der Waals surface area (Å²) in [5.41, 5.74) is 0. The Balaban J connectivity index is 0. The van der Waals surface area contributed by atoms with Crippen LogP contribution in [0.5, 0.6) is 0 Å². The molecule has 0 radical (unpaired) electrons. The molecule has 0 aliphatic carbocycles. The van der Waals surface area contributed by atoms with Gasteiger partial charge in [0.05, 0.1) is 0 Å². The van der Waals surface area contributed by atoms with E-state index in [2.05, 4.69) is 31.4 Å². The monoisotopic (exact) mass is 244 g/mol. The van der Waals surface area contributed by atoms with Crippen LogP contribution in [0.4, 0.5) is 0 Å². The van der Waals surface area contributed by atoms with Gasteiger partial charge in [-0.15, -0.1) is 23.2 Å². The first-order chi connectivity index (χ1) is 5.68. The minimum atomic E-state index is -0.151. The molecule has 0 bridgehead atoms. The number of rotatable bonds is 5. The molecular formula is C8H14Cl2S2. The number of unbranched alkanes of at least 4 members (excludes halogenated alkanes) is 3. The molecule has 0 aromatic rings. The molecule has 4 heteroatoms. The van der Waals surface area contributed by atoms with E-state index in [4.69, 9.17) is 23.2 Å². The van der Waals surface area contributed by atoms with Gasteiger partial charge in [-0.25, -0.2) is 0 Å². The van der Waals surface area contributed by atoms with Crippen LogP contribution in [0.25, 0.3) is 0 Å². The Morgan fingerprint density at radius 1 is 1.17 bits per heavy atom. The second kappa shape index (κ2) is 14.3. The van der Waals surface area contributed by atoms with Gasteiger partial charge in [0.2, 0.25) is 0 Å². The first kappa shape index (κ1) is 15.3. The summed E-state index contributed by atoms with van der Waals surface area (Å²) in [5, 5.41) is 0. The number of thiocarbonyl (C=S) groups is 2. The van der Waals surface area contributed by atoms with Crippen molar-refractivity contribution in [2.75, 3.05) is 0 Å². The Labute approximate surface area is 95.6 Å². The van der Waals surface area contributed by atoms with Gasteiger partial charge < -0.3 is 0 Å². The van der Waals surface area contributed by atoms with E-state index in [9.17, 15) is 0 Å². The Morgan fingerprint density at radius 3 is 2.00 bits per heavy atom. The highest BCUT2D eigenvalue weighted by Gasteiger charge is 1.96. The Bertz CT molecular complexity index is 110. The van der Waals surface area contributed by atoms with Crippen LogP contribution in [-0.4, -0.2) is 9.15 Å². The summed E-state index contributed by atoms with van der Waals surface area (Å²) in [5.74, 6) is 0. The van der Waals surface area contributed by atoms with Crippen molar-refractivity contribution in [2.45, 2.75) is 43.9 Å². The zero-order valence-electron chi connectivity index (χ0n) is 7.19. The molecule has 0 saturated carbocycles. The molecular weight excluding hydrogens is 231 g/mol. The smallest absolute Gasteiger partial charge is 0.105 e. The summed E-state index contributed by atoms with van der Waals surface area (Å²) in [6.45, 7) is 2.19. The van der Waals surface area contributed by atoms with Crippen LogP contribution in [0.1, 0.15) is 39.0 Å². The maximum Gasteiger partial charge on any atom is 0.107 e. The Morgan fingerprint density at radius 2 is 1.67 bits per heavy atom. The van der Waals surface area contributed by atoms with E-state index in [1.807, 2.05) is 4.31 Å². The van der Waals surface area contributed by atoms with Gasteiger partial charge >= 0.3 is 0 Å². The average molecular weight is 245 g/mol. The van der Waals surface area contributed by atoms with Crippen molar-refractivity contribution in [2.24, 2.45) is 0 Å². The molecule has 0 heterocycles. The van der Waals surface area contributed by atoms with Crippen molar-refractivity contribution in [1.82, 2.24) is 0 Å². The highest BCUT2D eigenvalue weighted by Crippen LogP contribution is 2.12. The van der Waals surface area contributed by atoms with Gasteiger partial charge in [-0.1, -0.05) is 32.6 Å². The Kier molecular flexibility index (Phi) is 18.2. The van der Waals surface area contributed by atoms with Crippen molar-refractivity contribution < 1.29 is 0 Å². The van der Waals surface area contributed by atoms with Crippen LogP contribution in [-0.2, 0) is 0 Å². The average Bonchev–Trinajstić information content (AvgIpc) is 1.99. The number of alkyl halides is 2. The molecule has 0 fully saturated rings. The molecule has 0 aromatic carbocycles. The molecule has 0 saturated heterocycles. The van der Waals surface area contributed by atoms with E-state index in [-0.39, 0.29) is 4.84 Å². The molecule has 0 N–H and O–H groups in total. The molecule has 0 rings (SSSR count). The molecule has 0 atom stereocenters. The third-order valence-electron chi connectivity index (χ3n) is 1.28. The van der Waals surface area contributed by atoms with Gasteiger partial charge in [-0.3, -0.25) is 0 Å². The zero-order valence-corrected chi connectivity index (χ0v) is 10.3. The van der Waals surface area contributed by atoms with Gasteiger partial charge in [0.25, 0.3) is 0 Å². The summed E-state index contributed by atoms with van der Waals surface area (Å²) in [4.78, 5) is -0.151. The molecule has 12 heavy (non-hydrogen) atoms. The van der Waals surface area contributed by atoms with Crippen LogP contribution in [0.15, 0.2) is 0 Å².